The molecule has 0 unspecified atom stereocenters. The Kier molecular flexibility index (Phi) is 2.78. The molecule has 0 N–H and O–H groups in total. The van der Waals surface area contributed by atoms with Crippen molar-refractivity contribution in [3.63, 3.8) is 0 Å². The fourth-order valence-electron chi connectivity index (χ4n) is 2.02. The largest absolute Gasteiger partial charge is 0.300 e. The van der Waals surface area contributed by atoms with Crippen LogP contribution < -0.4 is 0 Å². The summed E-state index contributed by atoms with van der Waals surface area (Å²) in [5.41, 5.74) is 1.85. The molecule has 0 spiro atoms. The zero-order chi connectivity index (χ0) is 13.6. The van der Waals surface area contributed by atoms with Crippen LogP contribution in [0.2, 0.25) is 0 Å². The molecular formula is C13H13NO3S. The lowest BCUT2D eigenvalue weighted by molar-refractivity contribution is -0.124. The van der Waals surface area contributed by atoms with Crippen LogP contribution in [-0.4, -0.2) is 18.9 Å². The number of benzene rings is 1. The van der Waals surface area contributed by atoms with Gasteiger partial charge in [0.2, 0.25) is 0 Å². The van der Waals surface area contributed by atoms with Gasteiger partial charge in [-0.25, -0.2) is 8.42 Å². The van der Waals surface area contributed by atoms with Gasteiger partial charge in [-0.2, -0.15) is 5.26 Å². The minimum absolute atomic E-state index is 0.125. The zero-order valence-electron chi connectivity index (χ0n) is 10.2. The molecule has 0 saturated heterocycles. The normalized spacial score (nSPS) is 17.9. The number of hydrogen-bond donors (Lipinski definition) is 0. The van der Waals surface area contributed by atoms with Crippen molar-refractivity contribution in [1.82, 2.24) is 0 Å². The van der Waals surface area contributed by atoms with E-state index in [0.29, 0.717) is 0 Å². The molecule has 0 aliphatic heterocycles. The van der Waals surface area contributed by atoms with Crippen LogP contribution in [0.3, 0.4) is 0 Å². The summed E-state index contributed by atoms with van der Waals surface area (Å²) in [6.45, 7) is 3.71. The molecule has 1 saturated carbocycles. The van der Waals surface area contributed by atoms with Crippen molar-refractivity contribution in [2.45, 2.75) is 36.3 Å². The summed E-state index contributed by atoms with van der Waals surface area (Å²) in [5.74, 6) is -0.177. The van der Waals surface area contributed by atoms with E-state index in [1.54, 1.807) is 12.1 Å². The predicted molar refractivity (Wildman–Crippen MR) is 65.7 cm³/mol. The summed E-state index contributed by atoms with van der Waals surface area (Å²) in [5, 5.41) is 9.09. The highest BCUT2D eigenvalue weighted by Crippen LogP contribution is 2.40. The fraction of sp³-hybridized carbons (Fsp3) is 0.385. The maximum atomic E-state index is 12.4. The van der Waals surface area contributed by atoms with E-state index in [1.807, 2.05) is 19.9 Å². The van der Waals surface area contributed by atoms with Crippen molar-refractivity contribution in [3.05, 3.63) is 29.3 Å². The van der Waals surface area contributed by atoms with E-state index in [9.17, 15) is 13.2 Å². The van der Waals surface area contributed by atoms with Gasteiger partial charge in [0.25, 0.3) is 0 Å². The van der Waals surface area contributed by atoms with Gasteiger partial charge in [0, 0.05) is 12.8 Å². The van der Waals surface area contributed by atoms with Crippen molar-refractivity contribution in [2.24, 2.45) is 0 Å². The van der Waals surface area contributed by atoms with Crippen LogP contribution in [-0.2, 0) is 14.6 Å². The topological polar surface area (TPSA) is 75.0 Å². The van der Waals surface area contributed by atoms with E-state index < -0.39 is 14.6 Å². The lowest BCUT2D eigenvalue weighted by Gasteiger charge is -2.32. The Bertz CT molecular complexity index is 660. The summed E-state index contributed by atoms with van der Waals surface area (Å²) in [6.07, 6.45) is -0.391. The molecule has 0 aromatic heterocycles. The molecule has 1 aliphatic carbocycles. The van der Waals surface area contributed by atoms with Gasteiger partial charge in [0.1, 0.15) is 5.78 Å². The molecule has 5 heteroatoms. The van der Waals surface area contributed by atoms with Gasteiger partial charge < -0.3 is 0 Å². The monoisotopic (exact) mass is 263 g/mol. The minimum Gasteiger partial charge on any atom is -0.300 e. The highest BCUT2D eigenvalue weighted by molar-refractivity contribution is 7.93. The first-order chi connectivity index (χ1) is 8.32. The second kappa shape index (κ2) is 3.92. The number of rotatable bonds is 2. The Balaban J connectivity index is 2.52. The van der Waals surface area contributed by atoms with Crippen molar-refractivity contribution in [2.75, 3.05) is 0 Å². The third kappa shape index (κ3) is 1.65. The van der Waals surface area contributed by atoms with Gasteiger partial charge in [-0.3, -0.25) is 4.79 Å². The van der Waals surface area contributed by atoms with Crippen LogP contribution in [0.5, 0.6) is 0 Å². The highest BCUT2D eigenvalue weighted by atomic mass is 32.2. The summed E-state index contributed by atoms with van der Waals surface area (Å²) in [4.78, 5) is 11.2. The molecule has 1 fully saturated rings. The number of aryl methyl sites for hydroxylation is 2. The molecule has 18 heavy (non-hydrogen) atoms. The van der Waals surface area contributed by atoms with Crippen LogP contribution in [0.1, 0.15) is 24.0 Å². The minimum atomic E-state index is -3.77. The molecule has 0 amide bonds. The van der Waals surface area contributed by atoms with Gasteiger partial charge in [-0.15, -0.1) is 0 Å². The second-order valence-electron chi connectivity index (χ2n) is 4.75. The van der Waals surface area contributed by atoms with Crippen LogP contribution in [0.4, 0.5) is 0 Å². The maximum absolute atomic E-state index is 12.4. The van der Waals surface area contributed by atoms with E-state index in [4.69, 9.17) is 5.26 Å². The predicted octanol–water partition coefficient (Wildman–Crippen LogP) is 1.70. The third-order valence-electron chi connectivity index (χ3n) is 3.47. The Hall–Kier alpha value is -1.67. The first kappa shape index (κ1) is 12.8. The quantitative estimate of drug-likeness (QED) is 0.814. The molecule has 94 valence electrons. The van der Waals surface area contributed by atoms with Crippen molar-refractivity contribution < 1.29 is 13.2 Å². The van der Waals surface area contributed by atoms with Crippen molar-refractivity contribution >= 4 is 15.6 Å². The van der Waals surface area contributed by atoms with Gasteiger partial charge >= 0.3 is 0 Å². The Labute approximate surface area is 106 Å². The number of nitrogens with zero attached hydrogens (tertiary/aromatic N) is 1. The van der Waals surface area contributed by atoms with Crippen LogP contribution in [0, 0.1) is 25.2 Å². The molecule has 0 heterocycles. The molecular weight excluding hydrogens is 250 g/mol. The van der Waals surface area contributed by atoms with Crippen LogP contribution >= 0.6 is 0 Å². The van der Waals surface area contributed by atoms with Crippen LogP contribution in [0.25, 0.3) is 0 Å². The van der Waals surface area contributed by atoms with Gasteiger partial charge in [0.05, 0.1) is 11.0 Å². The molecule has 2 rings (SSSR count). The Morgan fingerprint density at radius 3 is 2.28 bits per heavy atom. The van der Waals surface area contributed by atoms with E-state index in [0.717, 1.165) is 11.1 Å². The molecule has 0 radical (unpaired) electrons. The van der Waals surface area contributed by atoms with Crippen LogP contribution in [0.15, 0.2) is 23.1 Å². The lowest BCUT2D eigenvalue weighted by Crippen LogP contribution is -2.49. The molecule has 1 aliphatic rings. The standard InChI is InChI=1S/C13H13NO3S/c1-9-3-4-12(5-10(9)2)18(16,17)13(8-14)6-11(15)7-13/h3-5H,6-7H2,1-2H3. The molecule has 1 aromatic rings. The molecule has 0 atom stereocenters. The number of Topliss-reactive ketones (excluding diaryl/α,β-unsaturated/α-hetero) is 1. The average Bonchev–Trinajstić information content (AvgIpc) is 2.27. The molecule has 0 bridgehead atoms. The first-order valence-electron chi connectivity index (χ1n) is 5.57. The summed E-state index contributed by atoms with van der Waals surface area (Å²) in [6, 6.07) is 6.59. The smallest absolute Gasteiger partial charge is 0.198 e. The molecule has 1 aromatic carbocycles. The van der Waals surface area contributed by atoms with Gasteiger partial charge in [-0.05, 0) is 37.1 Å². The van der Waals surface area contributed by atoms with Gasteiger partial charge in [-0.1, -0.05) is 6.07 Å². The fourth-order valence-corrected chi connectivity index (χ4v) is 3.87. The maximum Gasteiger partial charge on any atom is 0.198 e. The first-order valence-corrected chi connectivity index (χ1v) is 7.05. The zero-order valence-corrected chi connectivity index (χ0v) is 11.0. The number of sulfone groups is 1. The summed E-state index contributed by atoms with van der Waals surface area (Å²) in [7, 11) is -3.77. The van der Waals surface area contributed by atoms with Crippen molar-refractivity contribution in [3.8, 4) is 6.07 Å². The van der Waals surface area contributed by atoms with E-state index >= 15 is 0 Å². The number of carbonyl (C=O) groups excluding carboxylic acids is 1. The SMILES string of the molecule is Cc1ccc(S(=O)(=O)C2(C#N)CC(=O)C2)cc1C. The Morgan fingerprint density at radius 2 is 1.83 bits per heavy atom. The van der Waals surface area contributed by atoms with Gasteiger partial charge in [0.15, 0.2) is 14.6 Å². The van der Waals surface area contributed by atoms with E-state index in [-0.39, 0.29) is 23.5 Å². The number of carbonyl (C=O) groups is 1. The number of nitriles is 1. The summed E-state index contributed by atoms with van der Waals surface area (Å²) >= 11 is 0. The second-order valence-corrected chi connectivity index (χ2v) is 7.01. The average molecular weight is 263 g/mol. The van der Waals surface area contributed by atoms with Crippen molar-refractivity contribution in [1.29, 1.82) is 5.26 Å². The van der Waals surface area contributed by atoms with E-state index in [1.165, 1.54) is 6.07 Å². The molecule has 4 nitrogen and oxygen atoms in total. The Morgan fingerprint density at radius 1 is 1.22 bits per heavy atom. The number of hydrogen-bond acceptors (Lipinski definition) is 4. The number of ketones is 1. The summed E-state index contributed by atoms with van der Waals surface area (Å²) < 4.78 is 23.3. The van der Waals surface area contributed by atoms with E-state index in [2.05, 4.69) is 0 Å². The lowest BCUT2D eigenvalue weighted by atomic mass is 9.84. The third-order valence-corrected chi connectivity index (χ3v) is 5.76. The highest BCUT2D eigenvalue weighted by Gasteiger charge is 2.55.